The molecule has 0 N–H and O–H groups in total. The number of hydrogen-bond acceptors (Lipinski definition) is 3. The van der Waals surface area contributed by atoms with E-state index in [4.69, 9.17) is 21.1 Å². The maximum Gasteiger partial charge on any atom is 0.215 e. The van der Waals surface area contributed by atoms with Crippen molar-refractivity contribution >= 4 is 17.4 Å². The highest BCUT2D eigenvalue weighted by Gasteiger charge is 2.15. The highest BCUT2D eigenvalue weighted by atomic mass is 35.5. The summed E-state index contributed by atoms with van der Waals surface area (Å²) in [5.41, 5.74) is 1.29. The van der Waals surface area contributed by atoms with E-state index in [1.165, 1.54) is 18.1 Å². The molecule has 4 heteroatoms. The summed E-state index contributed by atoms with van der Waals surface area (Å²) in [6.45, 7) is 0. The third kappa shape index (κ3) is 3.24. The Hall–Kier alpha value is -1.48. The number of rotatable bonds is 4. The van der Waals surface area contributed by atoms with E-state index in [2.05, 4.69) is 12.2 Å². The monoisotopic (exact) mass is 252 g/mol. The highest BCUT2D eigenvalue weighted by Crippen LogP contribution is 2.23. The van der Waals surface area contributed by atoms with Crippen molar-refractivity contribution < 1.29 is 14.3 Å². The lowest BCUT2D eigenvalue weighted by molar-refractivity contribution is -0.116. The van der Waals surface area contributed by atoms with E-state index in [0.717, 1.165) is 12.8 Å². The number of allylic oxidation sites excluding steroid dienone is 5. The van der Waals surface area contributed by atoms with Crippen LogP contribution in [0.1, 0.15) is 19.3 Å². The van der Waals surface area contributed by atoms with Gasteiger partial charge < -0.3 is 9.47 Å². The van der Waals surface area contributed by atoms with E-state index < -0.39 is 0 Å². The van der Waals surface area contributed by atoms with Crippen LogP contribution in [0, 0.1) is 0 Å². The van der Waals surface area contributed by atoms with Crippen molar-refractivity contribution in [3.05, 3.63) is 47.8 Å². The Balaban J connectivity index is 1.90. The zero-order chi connectivity index (χ0) is 12.1. The Kier molecular flexibility index (Phi) is 4.04. The molecule has 17 heavy (non-hydrogen) atoms. The number of Topliss-reactive ketones (excluding diaryl/α,β-unsaturated/α-hetero) is 1. The van der Waals surface area contributed by atoms with Gasteiger partial charge in [0.05, 0.1) is 5.88 Å². The third-order valence-electron chi connectivity index (χ3n) is 2.53. The van der Waals surface area contributed by atoms with Gasteiger partial charge in [0.25, 0.3) is 0 Å². The summed E-state index contributed by atoms with van der Waals surface area (Å²) in [6.07, 6.45) is 11.9. The molecule has 0 radical (unpaired) electrons. The highest BCUT2D eigenvalue weighted by molar-refractivity contribution is 6.30. The van der Waals surface area contributed by atoms with E-state index >= 15 is 0 Å². The van der Waals surface area contributed by atoms with Gasteiger partial charge in [0, 0.05) is 6.42 Å². The molecule has 0 saturated heterocycles. The molecule has 2 aliphatic rings. The topological polar surface area (TPSA) is 35.5 Å². The summed E-state index contributed by atoms with van der Waals surface area (Å²) in [5.74, 6) is 0.481. The molecule has 1 aliphatic carbocycles. The smallest absolute Gasteiger partial charge is 0.215 e. The van der Waals surface area contributed by atoms with Gasteiger partial charge in [-0.05, 0) is 12.8 Å². The molecule has 0 unspecified atom stereocenters. The molecule has 0 aromatic carbocycles. The molecule has 0 saturated carbocycles. The summed E-state index contributed by atoms with van der Waals surface area (Å²) in [5, 5.41) is 0. The van der Waals surface area contributed by atoms with Crippen LogP contribution in [0.5, 0.6) is 0 Å². The fraction of sp³-hybridized carbons (Fsp3) is 0.308. The molecule has 0 atom stereocenters. The maximum atomic E-state index is 11.2. The molecule has 0 aromatic rings. The molecule has 0 spiro atoms. The lowest BCUT2D eigenvalue weighted by atomic mass is 10.0. The molecule has 1 heterocycles. The number of ketones is 1. The number of hydrogen-bond donors (Lipinski definition) is 0. The van der Waals surface area contributed by atoms with E-state index in [1.54, 1.807) is 0 Å². The van der Waals surface area contributed by atoms with Crippen LogP contribution in [0.15, 0.2) is 47.8 Å². The van der Waals surface area contributed by atoms with Gasteiger partial charge in [0.15, 0.2) is 0 Å². The average molecular weight is 253 g/mol. The van der Waals surface area contributed by atoms with E-state index in [9.17, 15) is 4.79 Å². The minimum Gasteiger partial charge on any atom is -0.462 e. The molecule has 0 bridgehead atoms. The van der Waals surface area contributed by atoms with Crippen LogP contribution < -0.4 is 0 Å². The summed E-state index contributed by atoms with van der Waals surface area (Å²) in [6, 6.07) is 0. The zero-order valence-electron chi connectivity index (χ0n) is 9.32. The van der Waals surface area contributed by atoms with Crippen LogP contribution >= 0.6 is 11.6 Å². The molecular weight excluding hydrogens is 240 g/mol. The predicted molar refractivity (Wildman–Crippen MR) is 65.1 cm³/mol. The Labute approximate surface area is 105 Å². The van der Waals surface area contributed by atoms with Crippen molar-refractivity contribution in [3.63, 3.8) is 0 Å². The van der Waals surface area contributed by atoms with Gasteiger partial charge in [-0.1, -0.05) is 23.8 Å². The van der Waals surface area contributed by atoms with Crippen molar-refractivity contribution in [2.75, 3.05) is 5.88 Å². The van der Waals surface area contributed by atoms with Crippen molar-refractivity contribution in [1.29, 1.82) is 0 Å². The number of carbonyl (C=O) groups excluding carboxylic acids is 1. The SMILES string of the molecule is O=C(CCl)C1=COC(CC2=CC=CCC2)=CO1. The van der Waals surface area contributed by atoms with Crippen molar-refractivity contribution in [2.45, 2.75) is 19.3 Å². The Morgan fingerprint density at radius 3 is 2.82 bits per heavy atom. The lowest BCUT2D eigenvalue weighted by Gasteiger charge is -2.16. The second kappa shape index (κ2) is 5.73. The van der Waals surface area contributed by atoms with Gasteiger partial charge in [0.1, 0.15) is 18.3 Å². The summed E-state index contributed by atoms with van der Waals surface area (Å²) in [7, 11) is 0. The van der Waals surface area contributed by atoms with Gasteiger partial charge in [-0.3, -0.25) is 4.79 Å². The largest absolute Gasteiger partial charge is 0.462 e. The Morgan fingerprint density at radius 1 is 1.35 bits per heavy atom. The average Bonchev–Trinajstić information content (AvgIpc) is 2.40. The fourth-order valence-corrected chi connectivity index (χ4v) is 1.75. The van der Waals surface area contributed by atoms with Crippen molar-refractivity contribution in [1.82, 2.24) is 0 Å². The molecule has 90 valence electrons. The first-order chi connectivity index (χ1) is 8.29. The molecule has 2 rings (SSSR count). The van der Waals surface area contributed by atoms with E-state index in [0.29, 0.717) is 12.2 Å². The molecule has 0 amide bonds. The molecule has 3 nitrogen and oxygen atoms in total. The summed E-state index contributed by atoms with van der Waals surface area (Å²) in [4.78, 5) is 11.2. The third-order valence-corrected chi connectivity index (χ3v) is 2.78. The van der Waals surface area contributed by atoms with E-state index in [1.807, 2.05) is 6.08 Å². The summed E-state index contributed by atoms with van der Waals surface area (Å²) < 4.78 is 10.5. The second-order valence-corrected chi connectivity index (χ2v) is 4.09. The Bertz CT molecular complexity index is 430. The van der Waals surface area contributed by atoms with Crippen LogP contribution in [0.2, 0.25) is 0 Å². The maximum absolute atomic E-state index is 11.2. The van der Waals surface area contributed by atoms with Gasteiger partial charge >= 0.3 is 0 Å². The molecule has 0 fully saturated rings. The standard InChI is InChI=1S/C13H13ClO3/c14-7-12(15)13-9-16-11(8-17-13)6-10-4-2-1-3-5-10/h1-2,4,8-9H,3,5-7H2. The quantitative estimate of drug-likeness (QED) is 0.721. The van der Waals surface area contributed by atoms with Crippen molar-refractivity contribution in [3.8, 4) is 0 Å². The minimum absolute atomic E-state index is 0.103. The lowest BCUT2D eigenvalue weighted by Crippen LogP contribution is -2.10. The van der Waals surface area contributed by atoms with Crippen LogP contribution in [0.4, 0.5) is 0 Å². The first-order valence-corrected chi connectivity index (χ1v) is 5.99. The van der Waals surface area contributed by atoms with Crippen LogP contribution in [-0.2, 0) is 14.3 Å². The first-order valence-electron chi connectivity index (χ1n) is 5.46. The molecule has 0 aromatic heterocycles. The minimum atomic E-state index is -0.276. The van der Waals surface area contributed by atoms with Crippen LogP contribution in [-0.4, -0.2) is 11.7 Å². The van der Waals surface area contributed by atoms with Gasteiger partial charge in [-0.15, -0.1) is 11.6 Å². The predicted octanol–water partition coefficient (Wildman–Crippen LogP) is 3.19. The fourth-order valence-electron chi connectivity index (χ4n) is 1.62. The number of ether oxygens (including phenoxy) is 2. The molecule has 1 aliphatic heterocycles. The van der Waals surface area contributed by atoms with E-state index in [-0.39, 0.29) is 17.4 Å². The first kappa shape index (κ1) is 12.0. The van der Waals surface area contributed by atoms with Crippen LogP contribution in [0.25, 0.3) is 0 Å². The summed E-state index contributed by atoms with van der Waals surface area (Å²) >= 11 is 5.41. The normalized spacial score (nSPS) is 18.5. The van der Waals surface area contributed by atoms with Gasteiger partial charge in [-0.25, -0.2) is 0 Å². The van der Waals surface area contributed by atoms with Crippen molar-refractivity contribution in [2.24, 2.45) is 0 Å². The molecular formula is C13H13ClO3. The number of carbonyl (C=O) groups is 1. The van der Waals surface area contributed by atoms with Gasteiger partial charge in [-0.2, -0.15) is 0 Å². The van der Waals surface area contributed by atoms with Gasteiger partial charge in [0.2, 0.25) is 11.5 Å². The Morgan fingerprint density at radius 2 is 2.24 bits per heavy atom. The zero-order valence-corrected chi connectivity index (χ0v) is 10.1. The number of alkyl halides is 1. The second-order valence-electron chi connectivity index (χ2n) is 3.83. The number of halogens is 1. The van der Waals surface area contributed by atoms with Crippen LogP contribution in [0.3, 0.4) is 0 Å².